The minimum absolute atomic E-state index is 0. The molecule has 1 amide bonds. The summed E-state index contributed by atoms with van der Waals surface area (Å²) in [6.07, 6.45) is 4.06. The maximum absolute atomic E-state index is 11.7. The van der Waals surface area contributed by atoms with Crippen LogP contribution >= 0.6 is 12.4 Å². The molecular formula is C11H23ClN2O2. The van der Waals surface area contributed by atoms with Crippen LogP contribution in [-0.4, -0.2) is 50.7 Å². The number of carbonyl (C=O) groups is 1. The smallest absolute Gasteiger partial charge is 0.224 e. The van der Waals surface area contributed by atoms with Gasteiger partial charge in [0.2, 0.25) is 5.91 Å². The van der Waals surface area contributed by atoms with Gasteiger partial charge in [-0.3, -0.25) is 4.79 Å². The standard InChI is InChI=1S/C11H22N2O2.ClH/c1-12-6-7-13(2)11(14)9-10-5-3-4-8-15-10;/h10,12H,3-9H2,1-2H3;1H. The Morgan fingerprint density at radius 2 is 2.25 bits per heavy atom. The number of nitrogens with one attached hydrogen (secondary N) is 1. The van der Waals surface area contributed by atoms with Crippen molar-refractivity contribution in [1.82, 2.24) is 10.2 Å². The number of nitrogens with zero attached hydrogens (tertiary/aromatic N) is 1. The second-order valence-electron chi connectivity index (χ2n) is 4.11. The van der Waals surface area contributed by atoms with Gasteiger partial charge in [0.05, 0.1) is 12.5 Å². The van der Waals surface area contributed by atoms with Crippen molar-refractivity contribution in [2.75, 3.05) is 33.8 Å². The van der Waals surface area contributed by atoms with E-state index in [2.05, 4.69) is 5.32 Å². The average molecular weight is 251 g/mol. The Kier molecular flexibility index (Phi) is 8.61. The number of ether oxygens (including phenoxy) is 1. The molecule has 0 aromatic rings. The number of amides is 1. The van der Waals surface area contributed by atoms with Gasteiger partial charge in [-0.05, 0) is 26.3 Å². The van der Waals surface area contributed by atoms with Gasteiger partial charge in [-0.25, -0.2) is 0 Å². The van der Waals surface area contributed by atoms with Crippen LogP contribution < -0.4 is 5.32 Å². The molecule has 1 N–H and O–H groups in total. The topological polar surface area (TPSA) is 41.6 Å². The Hall–Kier alpha value is -0.320. The van der Waals surface area contributed by atoms with E-state index in [-0.39, 0.29) is 24.4 Å². The van der Waals surface area contributed by atoms with E-state index in [1.54, 1.807) is 4.90 Å². The Labute approximate surface area is 104 Å². The number of halogens is 1. The summed E-state index contributed by atoms with van der Waals surface area (Å²) >= 11 is 0. The Morgan fingerprint density at radius 1 is 1.50 bits per heavy atom. The number of hydrogen-bond donors (Lipinski definition) is 1. The predicted molar refractivity (Wildman–Crippen MR) is 67.0 cm³/mol. The zero-order valence-electron chi connectivity index (χ0n) is 10.2. The lowest BCUT2D eigenvalue weighted by Gasteiger charge is -2.24. The first kappa shape index (κ1) is 15.7. The fraction of sp³-hybridized carbons (Fsp3) is 0.909. The molecule has 0 aromatic heterocycles. The molecule has 16 heavy (non-hydrogen) atoms. The predicted octanol–water partition coefficient (Wildman–Crippen LogP) is 1.05. The fourth-order valence-corrected chi connectivity index (χ4v) is 1.72. The van der Waals surface area contributed by atoms with Gasteiger partial charge < -0.3 is 15.0 Å². The minimum Gasteiger partial charge on any atom is -0.378 e. The van der Waals surface area contributed by atoms with Crippen molar-refractivity contribution in [3.8, 4) is 0 Å². The monoisotopic (exact) mass is 250 g/mol. The third-order valence-corrected chi connectivity index (χ3v) is 2.80. The zero-order chi connectivity index (χ0) is 11.1. The maximum Gasteiger partial charge on any atom is 0.224 e. The van der Waals surface area contributed by atoms with Crippen molar-refractivity contribution in [1.29, 1.82) is 0 Å². The van der Waals surface area contributed by atoms with Crippen LogP contribution in [0, 0.1) is 0 Å². The highest BCUT2D eigenvalue weighted by Crippen LogP contribution is 2.16. The zero-order valence-corrected chi connectivity index (χ0v) is 11.0. The molecule has 4 nitrogen and oxygen atoms in total. The van der Waals surface area contributed by atoms with E-state index in [0.717, 1.165) is 32.5 Å². The van der Waals surface area contributed by atoms with Crippen molar-refractivity contribution in [3.63, 3.8) is 0 Å². The van der Waals surface area contributed by atoms with Crippen molar-refractivity contribution in [2.24, 2.45) is 0 Å². The molecule has 0 saturated carbocycles. The van der Waals surface area contributed by atoms with Gasteiger partial charge in [0.15, 0.2) is 0 Å². The third kappa shape index (κ3) is 5.68. The molecule has 1 rings (SSSR count). The molecule has 1 saturated heterocycles. The summed E-state index contributed by atoms with van der Waals surface area (Å²) in [7, 11) is 3.74. The highest BCUT2D eigenvalue weighted by Gasteiger charge is 2.19. The molecular weight excluding hydrogens is 228 g/mol. The summed E-state index contributed by atoms with van der Waals surface area (Å²) in [4.78, 5) is 13.5. The first-order valence-corrected chi connectivity index (χ1v) is 5.74. The summed E-state index contributed by atoms with van der Waals surface area (Å²) in [6, 6.07) is 0. The molecule has 1 aliphatic rings. The number of carbonyl (C=O) groups excluding carboxylic acids is 1. The molecule has 96 valence electrons. The number of rotatable bonds is 5. The van der Waals surface area contributed by atoms with Gasteiger partial charge >= 0.3 is 0 Å². The van der Waals surface area contributed by atoms with E-state index in [1.807, 2.05) is 14.1 Å². The summed E-state index contributed by atoms with van der Waals surface area (Å²) in [5.41, 5.74) is 0. The van der Waals surface area contributed by atoms with E-state index in [4.69, 9.17) is 4.74 Å². The second-order valence-corrected chi connectivity index (χ2v) is 4.11. The molecule has 0 spiro atoms. The Bertz CT molecular complexity index is 196. The average Bonchev–Trinajstić information content (AvgIpc) is 2.27. The van der Waals surface area contributed by atoms with Crippen LogP contribution in [0.5, 0.6) is 0 Å². The van der Waals surface area contributed by atoms with Crippen LogP contribution in [0.15, 0.2) is 0 Å². The van der Waals surface area contributed by atoms with Crippen molar-refractivity contribution >= 4 is 18.3 Å². The molecule has 0 radical (unpaired) electrons. The summed E-state index contributed by atoms with van der Waals surface area (Å²) in [6.45, 7) is 2.42. The lowest BCUT2D eigenvalue weighted by molar-refractivity contribution is -0.133. The lowest BCUT2D eigenvalue weighted by Crippen LogP contribution is -2.35. The lowest BCUT2D eigenvalue weighted by atomic mass is 10.1. The van der Waals surface area contributed by atoms with Crippen LogP contribution in [-0.2, 0) is 9.53 Å². The summed E-state index contributed by atoms with van der Waals surface area (Å²) in [5, 5.41) is 3.03. The quantitative estimate of drug-likeness (QED) is 0.793. The SMILES string of the molecule is CNCCN(C)C(=O)CC1CCCCO1.Cl. The first-order valence-electron chi connectivity index (χ1n) is 5.74. The van der Waals surface area contributed by atoms with Crippen LogP contribution in [0.2, 0.25) is 0 Å². The van der Waals surface area contributed by atoms with Gasteiger partial charge in [0, 0.05) is 26.7 Å². The molecule has 1 heterocycles. The van der Waals surface area contributed by atoms with Crippen molar-refractivity contribution in [3.05, 3.63) is 0 Å². The highest BCUT2D eigenvalue weighted by atomic mass is 35.5. The van der Waals surface area contributed by atoms with E-state index in [9.17, 15) is 4.79 Å². The normalized spacial score (nSPS) is 20.0. The van der Waals surface area contributed by atoms with E-state index in [0.29, 0.717) is 6.42 Å². The van der Waals surface area contributed by atoms with Gasteiger partial charge in [-0.15, -0.1) is 12.4 Å². The molecule has 0 aliphatic carbocycles. The highest BCUT2D eigenvalue weighted by molar-refractivity contribution is 5.85. The molecule has 5 heteroatoms. The Balaban J connectivity index is 0.00000225. The minimum atomic E-state index is 0. The van der Waals surface area contributed by atoms with Gasteiger partial charge in [0.1, 0.15) is 0 Å². The van der Waals surface area contributed by atoms with Crippen LogP contribution in [0.3, 0.4) is 0 Å². The molecule has 1 fully saturated rings. The van der Waals surface area contributed by atoms with Gasteiger partial charge in [-0.1, -0.05) is 0 Å². The van der Waals surface area contributed by atoms with Crippen molar-refractivity contribution < 1.29 is 9.53 Å². The molecule has 1 aliphatic heterocycles. The summed E-state index contributed by atoms with van der Waals surface area (Å²) < 4.78 is 5.54. The molecule has 1 unspecified atom stereocenters. The molecule has 0 aromatic carbocycles. The van der Waals surface area contributed by atoms with E-state index < -0.39 is 0 Å². The largest absolute Gasteiger partial charge is 0.378 e. The van der Waals surface area contributed by atoms with Gasteiger partial charge in [0.25, 0.3) is 0 Å². The fourth-order valence-electron chi connectivity index (χ4n) is 1.72. The summed E-state index contributed by atoms with van der Waals surface area (Å²) in [5.74, 6) is 0.192. The van der Waals surface area contributed by atoms with E-state index >= 15 is 0 Å². The van der Waals surface area contributed by atoms with Crippen LogP contribution in [0.1, 0.15) is 25.7 Å². The van der Waals surface area contributed by atoms with Gasteiger partial charge in [-0.2, -0.15) is 0 Å². The van der Waals surface area contributed by atoms with Crippen molar-refractivity contribution in [2.45, 2.75) is 31.8 Å². The van der Waals surface area contributed by atoms with Crippen LogP contribution in [0.4, 0.5) is 0 Å². The maximum atomic E-state index is 11.7. The first-order chi connectivity index (χ1) is 7.24. The number of likely N-dealkylation sites (N-methyl/N-ethyl adjacent to an activating group) is 2. The molecule has 0 bridgehead atoms. The molecule has 1 atom stereocenters. The van der Waals surface area contributed by atoms with Crippen LogP contribution in [0.25, 0.3) is 0 Å². The second kappa shape index (κ2) is 8.79. The number of hydrogen-bond acceptors (Lipinski definition) is 3. The van der Waals surface area contributed by atoms with E-state index in [1.165, 1.54) is 6.42 Å². The third-order valence-electron chi connectivity index (χ3n) is 2.80. The Morgan fingerprint density at radius 3 is 2.81 bits per heavy atom.